The van der Waals surface area contributed by atoms with Crippen molar-refractivity contribution in [2.75, 3.05) is 6.54 Å². The van der Waals surface area contributed by atoms with Crippen LogP contribution in [0.2, 0.25) is 0 Å². The molecule has 0 unspecified atom stereocenters. The van der Waals surface area contributed by atoms with Gasteiger partial charge in [-0.15, -0.1) is 0 Å². The molecule has 2 rings (SSSR count). The number of aromatic nitrogens is 1. The highest BCUT2D eigenvalue weighted by Gasteiger charge is 2.16. The van der Waals surface area contributed by atoms with Crippen molar-refractivity contribution in [2.24, 2.45) is 5.73 Å². The average Bonchev–Trinajstić information content (AvgIpc) is 2.54. The van der Waals surface area contributed by atoms with Gasteiger partial charge in [0.15, 0.2) is 11.4 Å². The van der Waals surface area contributed by atoms with Crippen molar-refractivity contribution < 1.29 is 14.3 Å². The number of hydrogen-bond donors (Lipinski definition) is 2. The van der Waals surface area contributed by atoms with Crippen LogP contribution in [0, 0.1) is 0 Å². The van der Waals surface area contributed by atoms with Crippen molar-refractivity contribution in [3.63, 3.8) is 0 Å². The maximum atomic E-state index is 11.9. The minimum atomic E-state index is -0.630. The van der Waals surface area contributed by atoms with Crippen LogP contribution in [0.15, 0.2) is 48.7 Å². The highest BCUT2D eigenvalue weighted by molar-refractivity contribution is 6.05. The Labute approximate surface area is 121 Å². The second-order valence-electron chi connectivity index (χ2n) is 4.21. The third kappa shape index (κ3) is 4.12. The zero-order valence-electron chi connectivity index (χ0n) is 11.3. The minimum Gasteiger partial charge on any atom is -0.486 e. The number of nitrogens with zero attached hydrogens (tertiary/aromatic N) is 1. The maximum Gasteiger partial charge on any atom is 0.280 e. The third-order valence-corrected chi connectivity index (χ3v) is 2.66. The van der Waals surface area contributed by atoms with Crippen molar-refractivity contribution in [1.29, 1.82) is 0 Å². The quantitative estimate of drug-likeness (QED) is 0.850. The van der Waals surface area contributed by atoms with E-state index in [1.165, 1.54) is 6.20 Å². The molecule has 0 saturated heterocycles. The van der Waals surface area contributed by atoms with Gasteiger partial charge in [0.05, 0.1) is 6.54 Å². The second kappa shape index (κ2) is 7.16. The van der Waals surface area contributed by atoms with Gasteiger partial charge < -0.3 is 10.5 Å². The van der Waals surface area contributed by atoms with Crippen LogP contribution in [0.3, 0.4) is 0 Å². The molecule has 0 aliphatic heterocycles. The van der Waals surface area contributed by atoms with Gasteiger partial charge in [0.1, 0.15) is 6.61 Å². The van der Waals surface area contributed by atoms with Crippen LogP contribution >= 0.6 is 0 Å². The Morgan fingerprint density at radius 2 is 1.90 bits per heavy atom. The van der Waals surface area contributed by atoms with Gasteiger partial charge in [0.25, 0.3) is 5.91 Å². The predicted octanol–water partition coefficient (Wildman–Crippen LogP) is 0.876. The van der Waals surface area contributed by atoms with Gasteiger partial charge in [0, 0.05) is 6.20 Å². The normalized spacial score (nSPS) is 9.95. The Hall–Kier alpha value is -2.73. The molecule has 1 heterocycles. The smallest absolute Gasteiger partial charge is 0.280 e. The van der Waals surface area contributed by atoms with E-state index < -0.39 is 11.8 Å². The molecule has 6 heteroatoms. The second-order valence-corrected chi connectivity index (χ2v) is 4.21. The van der Waals surface area contributed by atoms with Crippen LogP contribution in [0.4, 0.5) is 0 Å². The molecule has 0 spiro atoms. The summed E-state index contributed by atoms with van der Waals surface area (Å²) in [5.41, 5.74) is 6.17. The van der Waals surface area contributed by atoms with E-state index in [1.807, 2.05) is 30.3 Å². The highest BCUT2D eigenvalue weighted by atomic mass is 16.5. The van der Waals surface area contributed by atoms with Crippen molar-refractivity contribution in [1.82, 2.24) is 10.3 Å². The van der Waals surface area contributed by atoms with Gasteiger partial charge >= 0.3 is 0 Å². The molecule has 1 aromatic heterocycles. The first kappa shape index (κ1) is 14.7. The van der Waals surface area contributed by atoms with Crippen molar-refractivity contribution >= 4 is 11.8 Å². The van der Waals surface area contributed by atoms with Crippen LogP contribution in [0.5, 0.6) is 5.75 Å². The fourth-order valence-corrected chi connectivity index (χ4v) is 1.65. The van der Waals surface area contributed by atoms with Crippen molar-refractivity contribution in [3.05, 3.63) is 59.9 Å². The van der Waals surface area contributed by atoms with E-state index in [0.29, 0.717) is 12.4 Å². The summed E-state index contributed by atoms with van der Waals surface area (Å²) in [4.78, 5) is 27.0. The van der Waals surface area contributed by atoms with Crippen LogP contribution < -0.4 is 15.8 Å². The molecular formula is C15H15N3O3. The summed E-state index contributed by atoms with van der Waals surface area (Å²) < 4.78 is 5.59. The lowest BCUT2D eigenvalue weighted by Crippen LogP contribution is -2.36. The molecule has 6 nitrogen and oxygen atoms in total. The summed E-state index contributed by atoms with van der Waals surface area (Å²) in [6.07, 6.45) is 1.46. The lowest BCUT2D eigenvalue weighted by molar-refractivity contribution is -0.118. The largest absolute Gasteiger partial charge is 0.486 e. The molecule has 0 fully saturated rings. The summed E-state index contributed by atoms with van der Waals surface area (Å²) in [6.45, 7) is 0.0381. The number of amides is 2. The molecule has 0 atom stereocenters. The van der Waals surface area contributed by atoms with E-state index in [1.54, 1.807) is 12.1 Å². The van der Waals surface area contributed by atoms with Crippen LogP contribution in [0.1, 0.15) is 16.1 Å². The van der Waals surface area contributed by atoms with Gasteiger partial charge in [-0.2, -0.15) is 0 Å². The minimum absolute atomic E-state index is 0.0511. The fraction of sp³-hybridized carbons (Fsp3) is 0.133. The maximum absolute atomic E-state index is 11.9. The number of benzene rings is 1. The number of ether oxygens (including phenoxy) is 1. The van der Waals surface area contributed by atoms with Gasteiger partial charge in [0.2, 0.25) is 5.91 Å². The molecule has 2 amide bonds. The molecule has 0 aliphatic rings. The number of carbonyl (C=O) groups excluding carboxylic acids is 2. The van der Waals surface area contributed by atoms with Crippen LogP contribution in [-0.2, 0) is 11.4 Å². The molecular weight excluding hydrogens is 270 g/mol. The lowest BCUT2D eigenvalue weighted by Gasteiger charge is -2.10. The van der Waals surface area contributed by atoms with Gasteiger partial charge in [-0.1, -0.05) is 30.3 Å². The Morgan fingerprint density at radius 3 is 2.62 bits per heavy atom. The Kier molecular flexibility index (Phi) is 5.00. The molecule has 0 aliphatic carbocycles. The van der Waals surface area contributed by atoms with Gasteiger partial charge in [-0.25, -0.2) is 4.98 Å². The summed E-state index contributed by atoms with van der Waals surface area (Å²) in [7, 11) is 0. The molecule has 2 aromatic rings. The number of imide groups is 1. The van der Waals surface area contributed by atoms with Crippen molar-refractivity contribution in [2.45, 2.75) is 6.61 Å². The third-order valence-electron chi connectivity index (χ3n) is 2.66. The van der Waals surface area contributed by atoms with E-state index in [9.17, 15) is 9.59 Å². The van der Waals surface area contributed by atoms with Crippen LogP contribution in [0.25, 0.3) is 0 Å². The number of rotatable bonds is 5. The zero-order chi connectivity index (χ0) is 15.1. The molecule has 21 heavy (non-hydrogen) atoms. The molecule has 0 radical (unpaired) electrons. The lowest BCUT2D eigenvalue weighted by atomic mass is 10.2. The number of nitrogens with one attached hydrogen (secondary N) is 1. The Balaban J connectivity index is 2.09. The zero-order valence-corrected chi connectivity index (χ0v) is 11.3. The molecule has 3 N–H and O–H groups in total. The van der Waals surface area contributed by atoms with E-state index in [-0.39, 0.29) is 12.2 Å². The number of hydrogen-bond acceptors (Lipinski definition) is 5. The first-order valence-electron chi connectivity index (χ1n) is 6.36. The van der Waals surface area contributed by atoms with E-state index >= 15 is 0 Å². The number of nitrogens with two attached hydrogens (primary N) is 1. The standard InChI is InChI=1S/C15H15N3O3/c16-9-13(19)18-15(20)14-12(7-4-8-17-14)21-10-11-5-2-1-3-6-11/h1-8H,9-10,16H2,(H,18,19,20). The van der Waals surface area contributed by atoms with E-state index in [0.717, 1.165) is 5.56 Å². The summed E-state index contributed by atoms with van der Waals surface area (Å²) >= 11 is 0. The Bertz CT molecular complexity index is 629. The highest BCUT2D eigenvalue weighted by Crippen LogP contribution is 2.17. The number of pyridine rings is 1. The molecule has 108 valence electrons. The van der Waals surface area contributed by atoms with E-state index in [4.69, 9.17) is 10.5 Å². The summed E-state index contributed by atoms with van der Waals surface area (Å²) in [5.74, 6) is -0.891. The summed E-state index contributed by atoms with van der Waals surface area (Å²) in [6, 6.07) is 12.8. The molecule has 0 bridgehead atoms. The monoisotopic (exact) mass is 285 g/mol. The van der Waals surface area contributed by atoms with E-state index in [2.05, 4.69) is 10.3 Å². The average molecular weight is 285 g/mol. The SMILES string of the molecule is NCC(=O)NC(=O)c1ncccc1OCc1ccccc1. The first-order valence-corrected chi connectivity index (χ1v) is 6.36. The summed E-state index contributed by atoms with van der Waals surface area (Å²) in [5, 5.41) is 2.14. The predicted molar refractivity (Wildman–Crippen MR) is 76.5 cm³/mol. The first-order chi connectivity index (χ1) is 10.2. The van der Waals surface area contributed by atoms with Gasteiger partial charge in [-0.3, -0.25) is 14.9 Å². The van der Waals surface area contributed by atoms with Crippen molar-refractivity contribution in [3.8, 4) is 5.75 Å². The fourth-order valence-electron chi connectivity index (χ4n) is 1.65. The van der Waals surface area contributed by atoms with Crippen LogP contribution in [-0.4, -0.2) is 23.3 Å². The molecule has 0 saturated carbocycles. The van der Waals surface area contributed by atoms with Gasteiger partial charge in [-0.05, 0) is 17.7 Å². The topological polar surface area (TPSA) is 94.3 Å². The number of carbonyl (C=O) groups is 2. The molecule has 1 aromatic carbocycles. The Morgan fingerprint density at radius 1 is 1.14 bits per heavy atom.